The van der Waals surface area contributed by atoms with Crippen LogP contribution in [0.2, 0.25) is 0 Å². The Morgan fingerprint density at radius 2 is 2.21 bits per heavy atom. The molecule has 0 bridgehead atoms. The third kappa shape index (κ3) is 1.57. The number of aromatic amines is 1. The molecular weight excluding hydrogens is 178 g/mol. The van der Waals surface area contributed by atoms with E-state index in [1.165, 1.54) is 0 Å². The third-order valence-electron chi connectivity index (χ3n) is 1.71. The number of hydrogen-bond donors (Lipinski definition) is 1. The summed E-state index contributed by atoms with van der Waals surface area (Å²) in [6.45, 7) is 0. The SMILES string of the molecule is N#Cc1ccccc1Oc1cn[nH]c1. The van der Waals surface area contributed by atoms with Gasteiger partial charge in [0.25, 0.3) is 0 Å². The van der Waals surface area contributed by atoms with Crippen LogP contribution in [0.1, 0.15) is 5.56 Å². The monoisotopic (exact) mass is 185 g/mol. The number of rotatable bonds is 2. The molecule has 68 valence electrons. The minimum Gasteiger partial charge on any atom is -0.453 e. The number of aromatic nitrogens is 2. The molecule has 0 fully saturated rings. The van der Waals surface area contributed by atoms with Gasteiger partial charge in [0, 0.05) is 0 Å². The van der Waals surface area contributed by atoms with E-state index < -0.39 is 0 Å². The molecule has 0 amide bonds. The van der Waals surface area contributed by atoms with Crippen molar-refractivity contribution in [2.45, 2.75) is 0 Å². The Kier molecular flexibility index (Phi) is 2.15. The fourth-order valence-corrected chi connectivity index (χ4v) is 1.07. The topological polar surface area (TPSA) is 61.7 Å². The average molecular weight is 185 g/mol. The molecule has 0 saturated carbocycles. The molecule has 0 aliphatic heterocycles. The lowest BCUT2D eigenvalue weighted by molar-refractivity contribution is 0.481. The highest BCUT2D eigenvalue weighted by Crippen LogP contribution is 2.23. The van der Waals surface area contributed by atoms with E-state index in [0.29, 0.717) is 17.1 Å². The fraction of sp³-hybridized carbons (Fsp3) is 0. The maximum absolute atomic E-state index is 8.79. The van der Waals surface area contributed by atoms with Crippen molar-refractivity contribution >= 4 is 0 Å². The average Bonchev–Trinajstić information content (AvgIpc) is 2.71. The second-order valence-corrected chi connectivity index (χ2v) is 2.64. The molecule has 0 aliphatic carbocycles. The Bertz CT molecular complexity index is 456. The smallest absolute Gasteiger partial charge is 0.165 e. The Hall–Kier alpha value is -2.28. The van der Waals surface area contributed by atoms with Crippen molar-refractivity contribution in [1.82, 2.24) is 10.2 Å². The van der Waals surface area contributed by atoms with Crippen LogP contribution >= 0.6 is 0 Å². The zero-order chi connectivity index (χ0) is 9.80. The highest BCUT2D eigenvalue weighted by molar-refractivity contribution is 5.44. The van der Waals surface area contributed by atoms with Crippen LogP contribution in [0, 0.1) is 11.3 Å². The van der Waals surface area contributed by atoms with Crippen molar-refractivity contribution in [3.8, 4) is 17.6 Å². The molecule has 1 aromatic heterocycles. The molecule has 4 heteroatoms. The molecule has 1 aromatic carbocycles. The Morgan fingerprint density at radius 3 is 2.93 bits per heavy atom. The lowest BCUT2D eigenvalue weighted by atomic mass is 10.2. The third-order valence-corrected chi connectivity index (χ3v) is 1.71. The van der Waals surface area contributed by atoms with Gasteiger partial charge in [0.15, 0.2) is 5.75 Å². The van der Waals surface area contributed by atoms with Gasteiger partial charge in [-0.15, -0.1) is 0 Å². The van der Waals surface area contributed by atoms with Gasteiger partial charge < -0.3 is 4.74 Å². The summed E-state index contributed by atoms with van der Waals surface area (Å²) in [5.41, 5.74) is 0.508. The molecule has 0 aliphatic rings. The molecule has 1 N–H and O–H groups in total. The van der Waals surface area contributed by atoms with E-state index >= 15 is 0 Å². The summed E-state index contributed by atoms with van der Waals surface area (Å²) >= 11 is 0. The number of benzene rings is 1. The predicted octanol–water partition coefficient (Wildman–Crippen LogP) is 2.07. The van der Waals surface area contributed by atoms with E-state index in [0.717, 1.165) is 0 Å². The van der Waals surface area contributed by atoms with E-state index in [4.69, 9.17) is 10.00 Å². The maximum atomic E-state index is 8.79. The number of ether oxygens (including phenoxy) is 1. The highest BCUT2D eigenvalue weighted by atomic mass is 16.5. The number of hydrogen-bond acceptors (Lipinski definition) is 3. The van der Waals surface area contributed by atoms with E-state index in [9.17, 15) is 0 Å². The molecule has 2 aromatic rings. The number of para-hydroxylation sites is 1. The standard InChI is InChI=1S/C10H7N3O/c11-5-8-3-1-2-4-10(8)14-9-6-12-13-7-9/h1-4,6-7H,(H,12,13). The van der Waals surface area contributed by atoms with Crippen LogP contribution in [0.5, 0.6) is 11.5 Å². The largest absolute Gasteiger partial charge is 0.453 e. The minimum absolute atomic E-state index is 0.508. The summed E-state index contributed by atoms with van der Waals surface area (Å²) in [6.07, 6.45) is 3.17. The number of nitrogens with zero attached hydrogens (tertiary/aromatic N) is 2. The van der Waals surface area contributed by atoms with Crippen LogP contribution in [0.4, 0.5) is 0 Å². The van der Waals surface area contributed by atoms with E-state index in [1.807, 2.05) is 6.07 Å². The Balaban J connectivity index is 2.30. The van der Waals surface area contributed by atoms with Gasteiger partial charge in [-0.2, -0.15) is 10.4 Å². The number of nitriles is 1. The van der Waals surface area contributed by atoms with E-state index in [1.54, 1.807) is 30.6 Å². The molecular formula is C10H7N3O. The van der Waals surface area contributed by atoms with Gasteiger partial charge in [-0.05, 0) is 12.1 Å². The van der Waals surface area contributed by atoms with Crippen LogP contribution in [-0.2, 0) is 0 Å². The lowest BCUT2D eigenvalue weighted by Gasteiger charge is -2.03. The van der Waals surface area contributed by atoms with Gasteiger partial charge in [0.1, 0.15) is 11.8 Å². The van der Waals surface area contributed by atoms with Crippen molar-refractivity contribution in [2.75, 3.05) is 0 Å². The van der Waals surface area contributed by atoms with Crippen molar-refractivity contribution in [3.05, 3.63) is 42.2 Å². The summed E-state index contributed by atoms with van der Waals surface area (Å²) in [7, 11) is 0. The van der Waals surface area contributed by atoms with Gasteiger partial charge in [-0.1, -0.05) is 12.1 Å². The van der Waals surface area contributed by atoms with Crippen molar-refractivity contribution in [3.63, 3.8) is 0 Å². The predicted molar refractivity (Wildman–Crippen MR) is 49.8 cm³/mol. The summed E-state index contributed by atoms with van der Waals surface area (Å²) in [5, 5.41) is 15.2. The summed E-state index contributed by atoms with van der Waals surface area (Å²) in [5.74, 6) is 1.13. The highest BCUT2D eigenvalue weighted by Gasteiger charge is 2.03. The lowest BCUT2D eigenvalue weighted by Crippen LogP contribution is -1.85. The molecule has 0 spiro atoms. The van der Waals surface area contributed by atoms with Crippen LogP contribution < -0.4 is 4.74 Å². The molecule has 1 heterocycles. The second-order valence-electron chi connectivity index (χ2n) is 2.64. The first-order valence-electron chi connectivity index (χ1n) is 4.06. The van der Waals surface area contributed by atoms with Gasteiger partial charge >= 0.3 is 0 Å². The van der Waals surface area contributed by atoms with E-state index in [2.05, 4.69) is 16.3 Å². The summed E-state index contributed by atoms with van der Waals surface area (Å²) < 4.78 is 5.42. The Labute approximate surface area is 80.8 Å². The molecule has 0 unspecified atom stereocenters. The van der Waals surface area contributed by atoms with Gasteiger partial charge in [-0.25, -0.2) is 0 Å². The second kappa shape index (κ2) is 3.62. The molecule has 4 nitrogen and oxygen atoms in total. The first kappa shape index (κ1) is 8.32. The van der Waals surface area contributed by atoms with E-state index in [-0.39, 0.29) is 0 Å². The zero-order valence-electron chi connectivity index (χ0n) is 7.27. The fourth-order valence-electron chi connectivity index (χ4n) is 1.07. The quantitative estimate of drug-likeness (QED) is 0.779. The summed E-state index contributed by atoms with van der Waals surface area (Å²) in [4.78, 5) is 0. The minimum atomic E-state index is 0.508. The molecule has 0 radical (unpaired) electrons. The first-order chi connectivity index (χ1) is 6.90. The van der Waals surface area contributed by atoms with Gasteiger partial charge in [0.05, 0.1) is 18.0 Å². The van der Waals surface area contributed by atoms with Gasteiger partial charge in [-0.3, -0.25) is 5.10 Å². The van der Waals surface area contributed by atoms with Crippen LogP contribution in [0.15, 0.2) is 36.7 Å². The van der Waals surface area contributed by atoms with Crippen molar-refractivity contribution in [1.29, 1.82) is 5.26 Å². The van der Waals surface area contributed by atoms with Crippen molar-refractivity contribution in [2.24, 2.45) is 0 Å². The van der Waals surface area contributed by atoms with Crippen LogP contribution in [0.25, 0.3) is 0 Å². The zero-order valence-corrected chi connectivity index (χ0v) is 7.27. The molecule has 0 atom stereocenters. The number of H-pyrrole nitrogens is 1. The van der Waals surface area contributed by atoms with Crippen molar-refractivity contribution < 1.29 is 4.74 Å². The van der Waals surface area contributed by atoms with Crippen LogP contribution in [0.3, 0.4) is 0 Å². The molecule has 2 rings (SSSR count). The van der Waals surface area contributed by atoms with Gasteiger partial charge in [0.2, 0.25) is 0 Å². The van der Waals surface area contributed by atoms with Crippen LogP contribution in [-0.4, -0.2) is 10.2 Å². The number of nitrogens with one attached hydrogen (secondary N) is 1. The summed E-state index contributed by atoms with van der Waals surface area (Å²) in [6, 6.07) is 9.11. The molecule has 0 saturated heterocycles. The normalized spacial score (nSPS) is 9.36. The maximum Gasteiger partial charge on any atom is 0.165 e. The Morgan fingerprint density at radius 1 is 1.36 bits per heavy atom. The first-order valence-corrected chi connectivity index (χ1v) is 4.06. The molecule has 14 heavy (non-hydrogen) atoms.